The first-order valence-electron chi connectivity index (χ1n) is 7.52. The van der Waals surface area contributed by atoms with Crippen LogP contribution in [0.1, 0.15) is 43.0 Å². The van der Waals surface area contributed by atoms with E-state index in [0.29, 0.717) is 0 Å². The van der Waals surface area contributed by atoms with Crippen molar-refractivity contribution in [3.05, 3.63) is 59.7 Å². The molecule has 0 aliphatic carbocycles. The highest BCUT2D eigenvalue weighted by atomic mass is 15.0. The number of hydrogen-bond donors (Lipinski definition) is 0. The van der Waals surface area contributed by atoms with Gasteiger partial charge in [0.05, 0.1) is 12.0 Å². The van der Waals surface area contributed by atoms with Crippen LogP contribution in [-0.4, -0.2) is 9.55 Å². The Hall–Kier alpha value is -1.83. The number of allylic oxidation sites excluding steroid dienone is 1. The van der Waals surface area contributed by atoms with Crippen LogP contribution in [0.25, 0.3) is 6.08 Å². The van der Waals surface area contributed by atoms with Crippen LogP contribution < -0.4 is 0 Å². The third-order valence-electron chi connectivity index (χ3n) is 3.51. The lowest BCUT2D eigenvalue weighted by Gasteiger charge is -2.00. The molecule has 0 fully saturated rings. The Morgan fingerprint density at radius 3 is 2.65 bits per heavy atom. The summed E-state index contributed by atoms with van der Waals surface area (Å²) >= 11 is 0. The van der Waals surface area contributed by atoms with Gasteiger partial charge in [0.25, 0.3) is 0 Å². The van der Waals surface area contributed by atoms with E-state index in [-0.39, 0.29) is 0 Å². The number of nitrogens with zero attached hydrogens (tertiary/aromatic N) is 2. The zero-order valence-corrected chi connectivity index (χ0v) is 12.5. The fourth-order valence-electron chi connectivity index (χ4n) is 2.19. The lowest BCUT2D eigenvalue weighted by Crippen LogP contribution is -1.86. The van der Waals surface area contributed by atoms with Gasteiger partial charge in [-0.1, -0.05) is 35.9 Å². The molecule has 0 radical (unpaired) electrons. The monoisotopic (exact) mass is 268 g/mol. The first-order valence-corrected chi connectivity index (χ1v) is 7.52. The Labute approximate surface area is 122 Å². The first kappa shape index (κ1) is 14.6. The molecule has 20 heavy (non-hydrogen) atoms. The Bertz CT molecular complexity index is 535. The number of aryl methyl sites for hydroxylation is 3. The molecule has 1 heterocycles. The average Bonchev–Trinajstić information content (AvgIpc) is 2.92. The third kappa shape index (κ3) is 4.69. The van der Waals surface area contributed by atoms with Crippen molar-refractivity contribution < 1.29 is 0 Å². The quantitative estimate of drug-likeness (QED) is 0.669. The van der Waals surface area contributed by atoms with E-state index in [1.165, 1.54) is 30.4 Å². The summed E-state index contributed by atoms with van der Waals surface area (Å²) in [5.41, 5.74) is 3.84. The Morgan fingerprint density at radius 1 is 1.15 bits per heavy atom. The van der Waals surface area contributed by atoms with Crippen LogP contribution >= 0.6 is 0 Å². The summed E-state index contributed by atoms with van der Waals surface area (Å²) in [5, 5.41) is 0. The van der Waals surface area contributed by atoms with Crippen molar-refractivity contribution in [1.82, 2.24) is 9.55 Å². The molecule has 0 saturated carbocycles. The van der Waals surface area contributed by atoms with Gasteiger partial charge in [-0.05, 0) is 51.2 Å². The lowest BCUT2D eigenvalue weighted by molar-refractivity contribution is 0.748. The SMILES string of the molecule is CCn1cnc(/C=C/CCCCc2ccc(C)cc2)c1. The molecule has 2 aromatic rings. The van der Waals surface area contributed by atoms with Crippen molar-refractivity contribution in [2.75, 3.05) is 0 Å². The van der Waals surface area contributed by atoms with Crippen LogP contribution in [0.3, 0.4) is 0 Å². The molecule has 2 nitrogen and oxygen atoms in total. The predicted octanol–water partition coefficient (Wildman–Crippen LogP) is 4.64. The minimum absolute atomic E-state index is 0.984. The van der Waals surface area contributed by atoms with Crippen molar-refractivity contribution in [3.63, 3.8) is 0 Å². The smallest absolute Gasteiger partial charge is 0.0953 e. The molecule has 0 aliphatic rings. The fraction of sp³-hybridized carbons (Fsp3) is 0.389. The van der Waals surface area contributed by atoms with E-state index in [4.69, 9.17) is 0 Å². The highest BCUT2D eigenvalue weighted by Gasteiger charge is 1.94. The molecule has 0 atom stereocenters. The van der Waals surface area contributed by atoms with E-state index in [2.05, 4.69) is 66.0 Å². The van der Waals surface area contributed by atoms with Gasteiger partial charge in [-0.25, -0.2) is 4.98 Å². The number of aromatic nitrogens is 2. The van der Waals surface area contributed by atoms with E-state index < -0.39 is 0 Å². The summed E-state index contributed by atoms with van der Waals surface area (Å²) in [4.78, 5) is 4.34. The molecule has 0 N–H and O–H groups in total. The van der Waals surface area contributed by atoms with E-state index in [1.807, 2.05) is 6.33 Å². The molecule has 0 aliphatic heterocycles. The second kappa shape index (κ2) is 7.68. The number of unbranched alkanes of at least 4 members (excludes halogenated alkanes) is 2. The zero-order valence-electron chi connectivity index (χ0n) is 12.5. The van der Waals surface area contributed by atoms with Crippen LogP contribution in [0.5, 0.6) is 0 Å². The molecule has 0 bridgehead atoms. The number of hydrogen-bond acceptors (Lipinski definition) is 1. The average molecular weight is 268 g/mol. The van der Waals surface area contributed by atoms with Crippen molar-refractivity contribution >= 4 is 6.08 Å². The van der Waals surface area contributed by atoms with Crippen molar-refractivity contribution in [2.24, 2.45) is 0 Å². The Kier molecular flexibility index (Phi) is 5.60. The van der Waals surface area contributed by atoms with E-state index in [9.17, 15) is 0 Å². The molecule has 0 amide bonds. The molecule has 0 saturated heterocycles. The summed E-state index contributed by atoms with van der Waals surface area (Å²) in [7, 11) is 0. The molecule has 0 unspecified atom stereocenters. The Balaban J connectivity index is 1.65. The summed E-state index contributed by atoms with van der Waals surface area (Å²) in [5.74, 6) is 0. The standard InChI is InChI=1S/C18H24N2/c1-3-20-14-18(19-15-20)9-7-5-4-6-8-17-12-10-16(2)11-13-17/h7,9-15H,3-6,8H2,1-2H3/b9-7+. The summed E-state index contributed by atoms with van der Waals surface area (Å²) in [6.07, 6.45) is 13.1. The van der Waals surface area contributed by atoms with Crippen molar-refractivity contribution in [1.29, 1.82) is 0 Å². The molecule has 2 rings (SSSR count). The maximum atomic E-state index is 4.34. The first-order chi connectivity index (χ1) is 9.78. The maximum absolute atomic E-state index is 4.34. The molecule has 2 heteroatoms. The van der Waals surface area contributed by atoms with E-state index in [0.717, 1.165) is 18.7 Å². The molecule has 0 spiro atoms. The van der Waals surface area contributed by atoms with Gasteiger partial charge in [0, 0.05) is 12.7 Å². The second-order valence-corrected chi connectivity index (χ2v) is 5.26. The molecule has 1 aromatic heterocycles. The van der Waals surface area contributed by atoms with Gasteiger partial charge in [-0.3, -0.25) is 0 Å². The third-order valence-corrected chi connectivity index (χ3v) is 3.51. The molecule has 1 aromatic carbocycles. The van der Waals surface area contributed by atoms with Crippen LogP contribution in [0.4, 0.5) is 0 Å². The minimum atomic E-state index is 0.984. The molecular weight excluding hydrogens is 244 g/mol. The van der Waals surface area contributed by atoms with Gasteiger partial charge in [-0.2, -0.15) is 0 Å². The van der Waals surface area contributed by atoms with Gasteiger partial charge in [0.1, 0.15) is 0 Å². The van der Waals surface area contributed by atoms with Gasteiger partial charge in [0.2, 0.25) is 0 Å². The van der Waals surface area contributed by atoms with Gasteiger partial charge in [-0.15, -0.1) is 0 Å². The summed E-state index contributed by atoms with van der Waals surface area (Å²) < 4.78 is 2.09. The highest BCUT2D eigenvalue weighted by Crippen LogP contribution is 2.09. The largest absolute Gasteiger partial charge is 0.337 e. The van der Waals surface area contributed by atoms with Crippen LogP contribution in [-0.2, 0) is 13.0 Å². The normalized spacial score (nSPS) is 11.3. The van der Waals surface area contributed by atoms with Crippen LogP contribution in [0.2, 0.25) is 0 Å². The van der Waals surface area contributed by atoms with Gasteiger partial charge < -0.3 is 4.57 Å². The summed E-state index contributed by atoms with van der Waals surface area (Å²) in [6, 6.07) is 8.86. The molecule has 106 valence electrons. The minimum Gasteiger partial charge on any atom is -0.337 e. The predicted molar refractivity (Wildman–Crippen MR) is 85.7 cm³/mol. The van der Waals surface area contributed by atoms with Gasteiger partial charge >= 0.3 is 0 Å². The van der Waals surface area contributed by atoms with Crippen LogP contribution in [0.15, 0.2) is 42.9 Å². The lowest BCUT2D eigenvalue weighted by atomic mass is 10.1. The second-order valence-electron chi connectivity index (χ2n) is 5.26. The maximum Gasteiger partial charge on any atom is 0.0953 e. The number of benzene rings is 1. The number of rotatable bonds is 7. The van der Waals surface area contributed by atoms with Gasteiger partial charge in [0.15, 0.2) is 0 Å². The topological polar surface area (TPSA) is 17.8 Å². The van der Waals surface area contributed by atoms with E-state index >= 15 is 0 Å². The fourth-order valence-corrected chi connectivity index (χ4v) is 2.19. The highest BCUT2D eigenvalue weighted by molar-refractivity contribution is 5.42. The molecular formula is C18H24N2. The Morgan fingerprint density at radius 2 is 1.95 bits per heavy atom. The summed E-state index contributed by atoms with van der Waals surface area (Å²) in [6.45, 7) is 5.24. The van der Waals surface area contributed by atoms with Crippen molar-refractivity contribution in [3.8, 4) is 0 Å². The van der Waals surface area contributed by atoms with Crippen LogP contribution in [0, 0.1) is 6.92 Å². The zero-order chi connectivity index (χ0) is 14.2. The van der Waals surface area contributed by atoms with Crippen molar-refractivity contribution in [2.45, 2.75) is 46.1 Å². The number of imidazole rings is 1. The van der Waals surface area contributed by atoms with E-state index in [1.54, 1.807) is 0 Å².